The Hall–Kier alpha value is -1.63. The quantitative estimate of drug-likeness (QED) is 0.582. The van der Waals surface area contributed by atoms with E-state index in [2.05, 4.69) is 39.4 Å². The fourth-order valence-electron chi connectivity index (χ4n) is 3.31. The monoisotopic (exact) mass is 385 g/mol. The molecule has 1 aromatic carbocycles. The molecule has 3 aromatic rings. The van der Waals surface area contributed by atoms with Gasteiger partial charge in [-0.2, -0.15) is 0 Å². The van der Waals surface area contributed by atoms with E-state index in [-0.39, 0.29) is 0 Å². The highest BCUT2D eigenvalue weighted by Gasteiger charge is 2.21. The van der Waals surface area contributed by atoms with E-state index in [0.717, 1.165) is 15.6 Å². The molecule has 1 fully saturated rings. The summed E-state index contributed by atoms with van der Waals surface area (Å²) < 4.78 is 5.57. The standard InChI is InChI=1S/C20H23N3OS2/c1-3-24-15-6-4-14(5-7-15)17-12-25-19-18(17)20(22-13-21-19)26-16-8-10-23(2)11-9-16/h4-7,12-13,16H,3,8-11H2,1-2H3. The first-order valence-electron chi connectivity index (χ1n) is 9.05. The van der Waals surface area contributed by atoms with Crippen molar-refractivity contribution in [3.05, 3.63) is 36.0 Å². The molecule has 0 atom stereocenters. The number of ether oxygens (including phenoxy) is 1. The van der Waals surface area contributed by atoms with E-state index in [4.69, 9.17) is 4.74 Å². The Kier molecular flexibility index (Phi) is 5.43. The maximum absolute atomic E-state index is 5.57. The summed E-state index contributed by atoms with van der Waals surface area (Å²) >= 11 is 3.62. The Labute approximate surface area is 162 Å². The molecule has 0 radical (unpaired) electrons. The van der Waals surface area contributed by atoms with Gasteiger partial charge in [0.15, 0.2) is 0 Å². The van der Waals surface area contributed by atoms with E-state index in [1.54, 1.807) is 17.7 Å². The van der Waals surface area contributed by atoms with Crippen LogP contribution in [0.25, 0.3) is 21.3 Å². The highest BCUT2D eigenvalue weighted by molar-refractivity contribution is 8.00. The van der Waals surface area contributed by atoms with Gasteiger partial charge in [0.2, 0.25) is 0 Å². The smallest absolute Gasteiger partial charge is 0.128 e. The van der Waals surface area contributed by atoms with Gasteiger partial charge >= 0.3 is 0 Å². The summed E-state index contributed by atoms with van der Waals surface area (Å²) in [6, 6.07) is 8.33. The van der Waals surface area contributed by atoms with Crippen molar-refractivity contribution in [1.29, 1.82) is 0 Å². The first-order valence-corrected chi connectivity index (χ1v) is 10.8. The summed E-state index contributed by atoms with van der Waals surface area (Å²) in [6.07, 6.45) is 4.14. The Morgan fingerprint density at radius 3 is 2.69 bits per heavy atom. The third-order valence-electron chi connectivity index (χ3n) is 4.76. The number of piperidine rings is 1. The van der Waals surface area contributed by atoms with Crippen LogP contribution in [0.2, 0.25) is 0 Å². The zero-order valence-corrected chi connectivity index (χ0v) is 16.8. The molecule has 0 bridgehead atoms. The molecule has 0 saturated carbocycles. The molecule has 1 aliphatic heterocycles. The second-order valence-electron chi connectivity index (χ2n) is 6.59. The van der Waals surface area contributed by atoms with Crippen LogP contribution in [0.15, 0.2) is 41.0 Å². The van der Waals surface area contributed by atoms with Gasteiger partial charge in [0.1, 0.15) is 21.9 Å². The van der Waals surface area contributed by atoms with Gasteiger partial charge in [0.25, 0.3) is 0 Å². The summed E-state index contributed by atoms with van der Waals surface area (Å²) in [5, 5.41) is 5.16. The van der Waals surface area contributed by atoms with Gasteiger partial charge in [-0.1, -0.05) is 12.1 Å². The van der Waals surface area contributed by atoms with Crippen molar-refractivity contribution in [3.63, 3.8) is 0 Å². The number of hydrogen-bond donors (Lipinski definition) is 0. The molecule has 0 amide bonds. The number of hydrogen-bond acceptors (Lipinski definition) is 6. The fourth-order valence-corrected chi connectivity index (χ4v) is 5.48. The average molecular weight is 386 g/mol. The van der Waals surface area contributed by atoms with Crippen molar-refractivity contribution in [2.24, 2.45) is 0 Å². The van der Waals surface area contributed by atoms with Crippen LogP contribution >= 0.6 is 23.1 Å². The minimum absolute atomic E-state index is 0.636. The number of thioether (sulfide) groups is 1. The average Bonchev–Trinajstić information content (AvgIpc) is 3.10. The van der Waals surface area contributed by atoms with Crippen LogP contribution in [0, 0.1) is 0 Å². The molecule has 0 N–H and O–H groups in total. The highest BCUT2D eigenvalue weighted by atomic mass is 32.2. The van der Waals surface area contributed by atoms with E-state index in [1.165, 1.54) is 42.4 Å². The molecule has 26 heavy (non-hydrogen) atoms. The minimum atomic E-state index is 0.636. The molecule has 1 saturated heterocycles. The molecular weight excluding hydrogens is 362 g/mol. The minimum Gasteiger partial charge on any atom is -0.494 e. The van der Waals surface area contributed by atoms with Gasteiger partial charge in [-0.3, -0.25) is 0 Å². The third kappa shape index (κ3) is 3.72. The maximum Gasteiger partial charge on any atom is 0.128 e. The number of aromatic nitrogens is 2. The largest absolute Gasteiger partial charge is 0.494 e. The SMILES string of the molecule is CCOc1ccc(-c2csc3ncnc(SC4CCN(C)CC4)c23)cc1. The van der Waals surface area contributed by atoms with E-state index < -0.39 is 0 Å². The Balaban J connectivity index is 1.65. The zero-order chi connectivity index (χ0) is 17.9. The van der Waals surface area contributed by atoms with E-state index >= 15 is 0 Å². The summed E-state index contributed by atoms with van der Waals surface area (Å²) in [4.78, 5) is 12.6. The molecule has 0 unspecified atom stereocenters. The number of fused-ring (bicyclic) bond motifs is 1. The molecule has 136 valence electrons. The Morgan fingerprint density at radius 2 is 1.96 bits per heavy atom. The van der Waals surface area contributed by atoms with Crippen LogP contribution in [0.3, 0.4) is 0 Å². The highest BCUT2D eigenvalue weighted by Crippen LogP contribution is 2.40. The lowest BCUT2D eigenvalue weighted by atomic mass is 10.1. The van der Waals surface area contributed by atoms with E-state index in [9.17, 15) is 0 Å². The number of thiophene rings is 1. The van der Waals surface area contributed by atoms with Gasteiger partial charge in [-0.25, -0.2) is 9.97 Å². The van der Waals surface area contributed by atoms with Crippen LogP contribution < -0.4 is 4.74 Å². The number of likely N-dealkylation sites (tertiary alicyclic amines) is 1. The van der Waals surface area contributed by atoms with Gasteiger partial charge in [0.05, 0.1) is 12.0 Å². The van der Waals surface area contributed by atoms with Crippen molar-refractivity contribution in [3.8, 4) is 16.9 Å². The summed E-state index contributed by atoms with van der Waals surface area (Å²) in [5.41, 5.74) is 2.42. The van der Waals surface area contributed by atoms with Crippen LogP contribution in [0.5, 0.6) is 5.75 Å². The Bertz CT molecular complexity index is 870. The molecule has 2 aromatic heterocycles. The molecule has 6 heteroatoms. The van der Waals surface area contributed by atoms with Crippen molar-refractivity contribution < 1.29 is 4.74 Å². The lowest BCUT2D eigenvalue weighted by Crippen LogP contribution is -2.31. The lowest BCUT2D eigenvalue weighted by Gasteiger charge is -2.28. The third-order valence-corrected chi connectivity index (χ3v) is 6.98. The molecule has 3 heterocycles. The first-order chi connectivity index (χ1) is 12.7. The Morgan fingerprint density at radius 1 is 1.19 bits per heavy atom. The van der Waals surface area contributed by atoms with Crippen molar-refractivity contribution in [2.45, 2.75) is 30.0 Å². The van der Waals surface area contributed by atoms with Crippen LogP contribution in [0.4, 0.5) is 0 Å². The van der Waals surface area contributed by atoms with Crippen molar-refractivity contribution >= 4 is 33.3 Å². The molecule has 0 aliphatic carbocycles. The number of benzene rings is 1. The second kappa shape index (κ2) is 7.94. The lowest BCUT2D eigenvalue weighted by molar-refractivity contribution is 0.282. The van der Waals surface area contributed by atoms with Gasteiger partial charge in [-0.15, -0.1) is 23.1 Å². The summed E-state index contributed by atoms with van der Waals surface area (Å²) in [6.45, 7) is 5.03. The predicted octanol–water partition coefficient (Wildman–Crippen LogP) is 4.94. The second-order valence-corrected chi connectivity index (χ2v) is 8.73. The molecule has 0 spiro atoms. The number of rotatable bonds is 5. The van der Waals surface area contributed by atoms with E-state index in [1.807, 2.05) is 30.8 Å². The molecule has 4 rings (SSSR count). The number of nitrogens with zero attached hydrogens (tertiary/aromatic N) is 3. The molecular formula is C20H23N3OS2. The van der Waals surface area contributed by atoms with Gasteiger partial charge < -0.3 is 9.64 Å². The van der Waals surface area contributed by atoms with E-state index in [0.29, 0.717) is 11.9 Å². The predicted molar refractivity (Wildman–Crippen MR) is 110 cm³/mol. The van der Waals surface area contributed by atoms with Crippen molar-refractivity contribution in [1.82, 2.24) is 14.9 Å². The van der Waals surface area contributed by atoms with Crippen LogP contribution in [-0.2, 0) is 0 Å². The maximum atomic E-state index is 5.57. The van der Waals surface area contributed by atoms with Gasteiger partial charge in [-0.05, 0) is 57.6 Å². The fraction of sp³-hybridized carbons (Fsp3) is 0.400. The van der Waals surface area contributed by atoms with Crippen LogP contribution in [-0.4, -0.2) is 46.9 Å². The first kappa shape index (κ1) is 17.8. The topological polar surface area (TPSA) is 38.3 Å². The molecule has 1 aliphatic rings. The van der Waals surface area contributed by atoms with Crippen LogP contribution in [0.1, 0.15) is 19.8 Å². The van der Waals surface area contributed by atoms with Crippen molar-refractivity contribution in [2.75, 3.05) is 26.7 Å². The summed E-state index contributed by atoms with van der Waals surface area (Å²) in [7, 11) is 2.20. The molecule has 4 nitrogen and oxygen atoms in total. The summed E-state index contributed by atoms with van der Waals surface area (Å²) in [5.74, 6) is 0.910. The van der Waals surface area contributed by atoms with Gasteiger partial charge in [0, 0.05) is 16.2 Å². The zero-order valence-electron chi connectivity index (χ0n) is 15.1. The normalized spacial score (nSPS) is 16.2.